The third-order valence-corrected chi connectivity index (χ3v) is 6.44. The number of quaternary nitrogens is 1. The van der Waals surface area contributed by atoms with E-state index in [0.29, 0.717) is 12.2 Å². The Kier molecular flexibility index (Phi) is 8.22. The second-order valence-electron chi connectivity index (χ2n) is 7.25. The summed E-state index contributed by atoms with van der Waals surface area (Å²) in [5.74, 6) is -0.149. The minimum absolute atomic E-state index is 0.137. The van der Waals surface area contributed by atoms with Gasteiger partial charge in [0.05, 0.1) is 31.1 Å². The lowest BCUT2D eigenvalue weighted by Gasteiger charge is -2.29. The van der Waals surface area contributed by atoms with Crippen LogP contribution < -0.4 is 14.9 Å². The Morgan fingerprint density at radius 3 is 2.44 bits per heavy atom. The first kappa shape index (κ1) is 21.8. The molecule has 0 saturated carbocycles. The van der Waals surface area contributed by atoms with Gasteiger partial charge in [0.15, 0.2) is 0 Å². The van der Waals surface area contributed by atoms with Crippen molar-refractivity contribution in [1.82, 2.24) is 10.0 Å². The first-order chi connectivity index (χ1) is 12.9. The summed E-state index contributed by atoms with van der Waals surface area (Å²) in [6.07, 6.45) is 3.14. The highest BCUT2D eigenvalue weighted by atomic mass is 32.2. The lowest BCUT2D eigenvalue weighted by Crippen LogP contribution is -3.13. The zero-order valence-electron chi connectivity index (χ0n) is 16.5. The Bertz CT molecular complexity index is 698. The Morgan fingerprint density at radius 2 is 1.89 bits per heavy atom. The number of rotatable bonds is 9. The van der Waals surface area contributed by atoms with Crippen LogP contribution in [0.25, 0.3) is 0 Å². The maximum atomic E-state index is 12.4. The van der Waals surface area contributed by atoms with Crippen molar-refractivity contribution in [2.24, 2.45) is 0 Å². The molecule has 0 bridgehead atoms. The average molecular weight is 399 g/mol. The maximum absolute atomic E-state index is 12.4. The van der Waals surface area contributed by atoms with Crippen molar-refractivity contribution in [3.8, 4) is 0 Å². The number of ether oxygens (including phenoxy) is 1. The second kappa shape index (κ2) is 10.2. The Labute approximate surface area is 162 Å². The van der Waals surface area contributed by atoms with Crippen LogP contribution >= 0.6 is 0 Å². The number of amides is 1. The van der Waals surface area contributed by atoms with Crippen molar-refractivity contribution in [1.29, 1.82) is 0 Å². The smallest absolute Gasteiger partial charge is 0.251 e. The molecule has 0 spiro atoms. The summed E-state index contributed by atoms with van der Waals surface area (Å²) in [6, 6.07) is 5.90. The molecule has 1 fully saturated rings. The summed E-state index contributed by atoms with van der Waals surface area (Å²) in [7, 11) is -2.11. The van der Waals surface area contributed by atoms with E-state index in [0.717, 1.165) is 25.9 Å². The molecule has 27 heavy (non-hydrogen) atoms. The van der Waals surface area contributed by atoms with E-state index >= 15 is 0 Å². The highest BCUT2D eigenvalue weighted by molar-refractivity contribution is 7.89. The minimum Gasteiger partial charge on any atom is -0.383 e. The van der Waals surface area contributed by atoms with Crippen LogP contribution in [0.1, 0.15) is 43.5 Å². The molecule has 152 valence electrons. The van der Waals surface area contributed by atoms with Crippen molar-refractivity contribution in [2.45, 2.75) is 50.1 Å². The molecule has 8 heteroatoms. The molecule has 2 rings (SSSR count). The molecule has 0 aliphatic carbocycles. The number of piperidine rings is 1. The standard InChI is InChI=1S/C19H31N3O4S/c1-4-11-22-12-9-17(10-13-22)20-19(23)16-5-7-18(8-6-16)27(24,25)21-15(2)14-26-3/h5-8,15,17,21H,4,9-14H2,1-3H3,(H,20,23)/p+1/t15-/m0/s1. The summed E-state index contributed by atoms with van der Waals surface area (Å²) in [5.41, 5.74) is 0.474. The van der Waals surface area contributed by atoms with E-state index in [4.69, 9.17) is 4.74 Å². The van der Waals surface area contributed by atoms with Gasteiger partial charge in [0.25, 0.3) is 5.91 Å². The molecule has 1 aromatic carbocycles. The van der Waals surface area contributed by atoms with Gasteiger partial charge in [-0.05, 0) is 37.6 Å². The number of carbonyl (C=O) groups excluding carboxylic acids is 1. The molecule has 7 nitrogen and oxygen atoms in total. The summed E-state index contributed by atoms with van der Waals surface area (Å²) < 4.78 is 32.2. The number of hydrogen-bond donors (Lipinski definition) is 3. The van der Waals surface area contributed by atoms with E-state index in [1.807, 2.05) is 0 Å². The molecule has 0 aromatic heterocycles. The van der Waals surface area contributed by atoms with Crippen molar-refractivity contribution in [2.75, 3.05) is 33.4 Å². The van der Waals surface area contributed by atoms with Crippen LogP contribution in [-0.2, 0) is 14.8 Å². The summed E-state index contributed by atoms with van der Waals surface area (Å²) in [5, 5.41) is 3.07. The number of nitrogens with one attached hydrogen (secondary N) is 3. The fourth-order valence-electron chi connectivity index (χ4n) is 3.45. The van der Waals surface area contributed by atoms with Crippen molar-refractivity contribution < 1.29 is 22.8 Å². The summed E-state index contributed by atoms with van der Waals surface area (Å²) >= 11 is 0. The monoisotopic (exact) mass is 398 g/mol. The molecule has 1 aromatic rings. The van der Waals surface area contributed by atoms with Gasteiger partial charge in [-0.1, -0.05) is 6.92 Å². The number of methoxy groups -OCH3 is 1. The molecule has 0 radical (unpaired) electrons. The predicted octanol–water partition coefficient (Wildman–Crippen LogP) is 0.187. The number of benzene rings is 1. The third kappa shape index (κ3) is 6.57. The normalized spacial score (nSPS) is 21.6. The van der Waals surface area contributed by atoms with Gasteiger partial charge in [-0.3, -0.25) is 4.79 Å². The lowest BCUT2D eigenvalue weighted by molar-refractivity contribution is -0.905. The number of carbonyl (C=O) groups is 1. The summed E-state index contributed by atoms with van der Waals surface area (Å²) in [4.78, 5) is 14.2. The highest BCUT2D eigenvalue weighted by Crippen LogP contribution is 2.12. The molecule has 1 amide bonds. The molecular formula is C19H32N3O4S+. The maximum Gasteiger partial charge on any atom is 0.251 e. The first-order valence-corrected chi connectivity index (χ1v) is 11.1. The van der Waals surface area contributed by atoms with Gasteiger partial charge in [-0.25, -0.2) is 13.1 Å². The zero-order chi connectivity index (χ0) is 19.9. The van der Waals surface area contributed by atoms with Crippen LogP contribution in [-0.4, -0.2) is 59.8 Å². The van der Waals surface area contributed by atoms with Gasteiger partial charge < -0.3 is 15.0 Å². The zero-order valence-corrected chi connectivity index (χ0v) is 17.3. The molecule has 1 aliphatic rings. The number of likely N-dealkylation sites (tertiary alicyclic amines) is 1. The second-order valence-corrected chi connectivity index (χ2v) is 8.96. The fourth-order valence-corrected chi connectivity index (χ4v) is 4.67. The Balaban J connectivity index is 1.92. The number of hydrogen-bond acceptors (Lipinski definition) is 4. The van der Waals surface area contributed by atoms with Crippen LogP contribution in [0.2, 0.25) is 0 Å². The summed E-state index contributed by atoms with van der Waals surface area (Å²) in [6.45, 7) is 7.57. The van der Waals surface area contributed by atoms with Crippen molar-refractivity contribution in [3.63, 3.8) is 0 Å². The first-order valence-electron chi connectivity index (χ1n) is 9.61. The lowest BCUT2D eigenvalue weighted by atomic mass is 10.0. The molecule has 1 atom stereocenters. The third-order valence-electron chi connectivity index (χ3n) is 4.83. The Hall–Kier alpha value is -1.48. The van der Waals surface area contributed by atoms with Crippen LogP contribution in [0.15, 0.2) is 29.2 Å². The molecule has 0 unspecified atom stereocenters. The SMILES string of the molecule is CCC[NH+]1CCC(NC(=O)c2ccc(S(=O)(=O)N[C@@H](C)COC)cc2)CC1. The van der Waals surface area contributed by atoms with Crippen LogP contribution in [0, 0.1) is 0 Å². The molecule has 1 heterocycles. The largest absolute Gasteiger partial charge is 0.383 e. The molecular weight excluding hydrogens is 366 g/mol. The van der Waals surface area contributed by atoms with Crippen LogP contribution in [0.4, 0.5) is 0 Å². The Morgan fingerprint density at radius 1 is 1.26 bits per heavy atom. The predicted molar refractivity (Wildman–Crippen MR) is 104 cm³/mol. The topological polar surface area (TPSA) is 88.9 Å². The van der Waals surface area contributed by atoms with Gasteiger partial charge in [-0.2, -0.15) is 0 Å². The average Bonchev–Trinajstić information content (AvgIpc) is 2.63. The van der Waals surface area contributed by atoms with E-state index in [1.165, 1.54) is 32.2 Å². The van der Waals surface area contributed by atoms with Gasteiger partial charge in [0, 0.05) is 37.6 Å². The fraction of sp³-hybridized carbons (Fsp3) is 0.632. The van der Waals surface area contributed by atoms with Crippen LogP contribution in [0.3, 0.4) is 0 Å². The van der Waals surface area contributed by atoms with Gasteiger partial charge in [0.1, 0.15) is 0 Å². The van der Waals surface area contributed by atoms with E-state index in [-0.39, 0.29) is 22.9 Å². The molecule has 3 N–H and O–H groups in total. The minimum atomic E-state index is -3.63. The van der Waals surface area contributed by atoms with Gasteiger partial charge >= 0.3 is 0 Å². The molecule has 1 aliphatic heterocycles. The van der Waals surface area contributed by atoms with Gasteiger partial charge in [-0.15, -0.1) is 0 Å². The molecule has 1 saturated heterocycles. The van der Waals surface area contributed by atoms with E-state index in [1.54, 1.807) is 24.0 Å². The van der Waals surface area contributed by atoms with E-state index in [9.17, 15) is 13.2 Å². The van der Waals surface area contributed by atoms with Gasteiger partial charge in [0.2, 0.25) is 10.0 Å². The quantitative estimate of drug-likeness (QED) is 0.554. The van der Waals surface area contributed by atoms with E-state index in [2.05, 4.69) is 17.0 Å². The van der Waals surface area contributed by atoms with Crippen molar-refractivity contribution >= 4 is 15.9 Å². The number of sulfonamides is 1. The highest BCUT2D eigenvalue weighted by Gasteiger charge is 2.23. The van der Waals surface area contributed by atoms with Crippen LogP contribution in [0.5, 0.6) is 0 Å². The van der Waals surface area contributed by atoms with E-state index < -0.39 is 10.0 Å². The van der Waals surface area contributed by atoms with Crippen molar-refractivity contribution in [3.05, 3.63) is 29.8 Å².